The van der Waals surface area contributed by atoms with Crippen molar-refractivity contribution in [3.8, 4) is 0 Å². The highest BCUT2D eigenvalue weighted by atomic mass is 35.5. The summed E-state index contributed by atoms with van der Waals surface area (Å²) in [5, 5.41) is 20.5. The number of para-hydroxylation sites is 1. The van der Waals surface area contributed by atoms with Crippen LogP contribution in [-0.2, 0) is 18.0 Å². The lowest BCUT2D eigenvalue weighted by Gasteiger charge is -2.11. The number of ether oxygens (including phenoxy) is 1. The zero-order valence-electron chi connectivity index (χ0n) is 11.7. The minimum absolute atomic E-state index is 0.0553. The molecule has 0 atom stereocenters. The van der Waals surface area contributed by atoms with Crippen molar-refractivity contribution < 1.29 is 19.6 Å². The van der Waals surface area contributed by atoms with E-state index < -0.39 is 17.5 Å². The van der Waals surface area contributed by atoms with E-state index in [9.17, 15) is 20.0 Å². The molecule has 1 N–H and O–H groups in total. The highest BCUT2D eigenvalue weighted by Gasteiger charge is 2.21. The molecule has 0 saturated carbocycles. The molecule has 0 aliphatic rings. The molecule has 2 aromatic rings. The van der Waals surface area contributed by atoms with Gasteiger partial charge in [0.15, 0.2) is 0 Å². The fraction of sp³-hybridized carbons (Fsp3) is 0.133. The molecular weight excluding hydrogens is 345 g/mol. The van der Waals surface area contributed by atoms with E-state index in [1.807, 2.05) is 0 Å². The lowest BCUT2D eigenvalue weighted by molar-refractivity contribution is -0.385. The summed E-state index contributed by atoms with van der Waals surface area (Å²) in [5.41, 5.74) is 0.182. The van der Waals surface area contributed by atoms with Gasteiger partial charge in [-0.15, -0.1) is 0 Å². The Balaban J connectivity index is 2.25. The van der Waals surface area contributed by atoms with Crippen LogP contribution in [0.25, 0.3) is 0 Å². The Morgan fingerprint density at radius 2 is 1.83 bits per heavy atom. The lowest BCUT2D eigenvalue weighted by Crippen LogP contribution is -2.10. The number of nitro benzene ring substituents is 1. The Morgan fingerprint density at radius 3 is 2.48 bits per heavy atom. The Labute approximate surface area is 141 Å². The van der Waals surface area contributed by atoms with Gasteiger partial charge in [0.25, 0.3) is 5.69 Å². The van der Waals surface area contributed by atoms with E-state index >= 15 is 0 Å². The van der Waals surface area contributed by atoms with E-state index in [-0.39, 0.29) is 39.0 Å². The van der Waals surface area contributed by atoms with Gasteiger partial charge >= 0.3 is 5.97 Å². The van der Waals surface area contributed by atoms with Crippen LogP contribution >= 0.6 is 23.2 Å². The molecule has 120 valence electrons. The number of halogens is 2. The van der Waals surface area contributed by atoms with Gasteiger partial charge in [0.05, 0.1) is 27.7 Å². The second-order valence-corrected chi connectivity index (χ2v) is 5.32. The summed E-state index contributed by atoms with van der Waals surface area (Å²) in [7, 11) is 0. The number of hydrogen-bond acceptors (Lipinski definition) is 5. The Morgan fingerprint density at radius 1 is 1.17 bits per heavy atom. The van der Waals surface area contributed by atoms with Crippen molar-refractivity contribution in [3.05, 3.63) is 73.2 Å². The fourth-order valence-electron chi connectivity index (χ4n) is 2.00. The standard InChI is InChI=1S/C15H11Cl2NO5/c16-11-5-6-12(17)14(10(11)7-19)15(20)23-8-9-3-1-2-4-13(9)18(21)22/h1-6,19H,7-8H2. The molecule has 2 rings (SSSR count). The summed E-state index contributed by atoms with van der Waals surface area (Å²) in [6.45, 7) is -0.793. The first-order valence-corrected chi connectivity index (χ1v) is 7.18. The van der Waals surface area contributed by atoms with Crippen LogP contribution < -0.4 is 0 Å². The lowest BCUT2D eigenvalue weighted by atomic mass is 10.1. The number of aliphatic hydroxyl groups is 1. The molecule has 0 saturated heterocycles. The van der Waals surface area contributed by atoms with Crippen LogP contribution in [0.1, 0.15) is 21.5 Å². The molecule has 2 aromatic carbocycles. The molecule has 8 heteroatoms. The number of esters is 1. The van der Waals surface area contributed by atoms with Crippen molar-refractivity contribution in [2.75, 3.05) is 0 Å². The second-order valence-electron chi connectivity index (χ2n) is 4.50. The zero-order chi connectivity index (χ0) is 17.0. The SMILES string of the molecule is O=C(OCc1ccccc1[N+](=O)[O-])c1c(Cl)ccc(Cl)c1CO. The molecule has 0 unspecified atom stereocenters. The predicted molar refractivity (Wildman–Crippen MR) is 84.6 cm³/mol. The van der Waals surface area contributed by atoms with E-state index in [1.165, 1.54) is 30.3 Å². The van der Waals surface area contributed by atoms with Crippen LogP contribution in [0, 0.1) is 10.1 Å². The molecule has 0 spiro atoms. The van der Waals surface area contributed by atoms with Gasteiger partial charge in [0, 0.05) is 16.7 Å². The average Bonchev–Trinajstić information content (AvgIpc) is 2.54. The third kappa shape index (κ3) is 3.79. The number of benzene rings is 2. The summed E-state index contributed by atoms with van der Waals surface area (Å²) in [6.07, 6.45) is 0. The van der Waals surface area contributed by atoms with Crippen LogP contribution in [-0.4, -0.2) is 16.0 Å². The van der Waals surface area contributed by atoms with Crippen LogP contribution in [0.3, 0.4) is 0 Å². The van der Waals surface area contributed by atoms with E-state index in [0.717, 1.165) is 0 Å². The second kappa shape index (κ2) is 7.41. The van der Waals surface area contributed by atoms with Crippen LogP contribution in [0.4, 0.5) is 5.69 Å². The largest absolute Gasteiger partial charge is 0.457 e. The van der Waals surface area contributed by atoms with Crippen molar-refractivity contribution in [1.29, 1.82) is 0 Å². The van der Waals surface area contributed by atoms with Gasteiger partial charge in [0.2, 0.25) is 0 Å². The van der Waals surface area contributed by atoms with Gasteiger partial charge in [-0.25, -0.2) is 4.79 Å². The van der Waals surface area contributed by atoms with Crippen molar-refractivity contribution in [1.82, 2.24) is 0 Å². The van der Waals surface area contributed by atoms with Crippen LogP contribution in [0.5, 0.6) is 0 Å². The van der Waals surface area contributed by atoms with Gasteiger partial charge in [-0.2, -0.15) is 0 Å². The maximum Gasteiger partial charge on any atom is 0.340 e. The van der Waals surface area contributed by atoms with Gasteiger partial charge in [-0.05, 0) is 18.2 Å². The highest BCUT2D eigenvalue weighted by molar-refractivity contribution is 6.36. The number of aliphatic hydroxyl groups excluding tert-OH is 1. The first-order valence-electron chi connectivity index (χ1n) is 6.43. The number of hydrogen-bond donors (Lipinski definition) is 1. The van der Waals surface area contributed by atoms with Gasteiger partial charge < -0.3 is 9.84 Å². The minimum Gasteiger partial charge on any atom is -0.457 e. The van der Waals surface area contributed by atoms with E-state index in [2.05, 4.69) is 0 Å². The normalized spacial score (nSPS) is 10.4. The molecule has 23 heavy (non-hydrogen) atoms. The summed E-state index contributed by atoms with van der Waals surface area (Å²) >= 11 is 11.9. The number of carbonyl (C=O) groups is 1. The third-order valence-electron chi connectivity index (χ3n) is 3.11. The summed E-state index contributed by atoms with van der Waals surface area (Å²) < 4.78 is 5.09. The summed E-state index contributed by atoms with van der Waals surface area (Å²) in [5.74, 6) is -0.820. The number of nitro groups is 1. The molecular formula is C15H11Cl2NO5. The van der Waals surface area contributed by atoms with E-state index in [4.69, 9.17) is 27.9 Å². The number of nitrogens with zero attached hydrogens (tertiary/aromatic N) is 1. The maximum atomic E-state index is 12.2. The van der Waals surface area contributed by atoms with Crippen LogP contribution in [0.2, 0.25) is 10.0 Å². The van der Waals surface area contributed by atoms with Gasteiger partial charge in [-0.1, -0.05) is 35.3 Å². The molecule has 0 radical (unpaired) electrons. The summed E-state index contributed by atoms with van der Waals surface area (Å²) in [4.78, 5) is 22.6. The Kier molecular flexibility index (Phi) is 5.54. The fourth-order valence-corrected chi connectivity index (χ4v) is 2.47. The molecule has 0 aliphatic heterocycles. The molecule has 0 fully saturated rings. The Hall–Kier alpha value is -2.15. The quantitative estimate of drug-likeness (QED) is 0.501. The molecule has 0 heterocycles. The molecule has 0 bridgehead atoms. The topological polar surface area (TPSA) is 89.7 Å². The van der Waals surface area contributed by atoms with Gasteiger partial charge in [-0.3, -0.25) is 10.1 Å². The average molecular weight is 356 g/mol. The molecule has 0 amide bonds. The smallest absolute Gasteiger partial charge is 0.340 e. The maximum absolute atomic E-state index is 12.2. The number of carbonyl (C=O) groups excluding carboxylic acids is 1. The molecule has 6 nitrogen and oxygen atoms in total. The molecule has 0 aliphatic carbocycles. The van der Waals surface area contributed by atoms with Crippen molar-refractivity contribution in [3.63, 3.8) is 0 Å². The number of rotatable bonds is 5. The van der Waals surface area contributed by atoms with Crippen molar-refractivity contribution >= 4 is 34.9 Å². The van der Waals surface area contributed by atoms with Crippen LogP contribution in [0.15, 0.2) is 36.4 Å². The first-order chi connectivity index (χ1) is 11.0. The van der Waals surface area contributed by atoms with Crippen molar-refractivity contribution in [2.45, 2.75) is 13.2 Å². The highest BCUT2D eigenvalue weighted by Crippen LogP contribution is 2.28. The third-order valence-corrected chi connectivity index (χ3v) is 3.78. The van der Waals surface area contributed by atoms with E-state index in [0.29, 0.717) is 0 Å². The molecule has 0 aromatic heterocycles. The van der Waals surface area contributed by atoms with Gasteiger partial charge in [0.1, 0.15) is 6.61 Å². The summed E-state index contributed by atoms with van der Waals surface area (Å²) in [6, 6.07) is 8.77. The zero-order valence-corrected chi connectivity index (χ0v) is 13.2. The monoisotopic (exact) mass is 355 g/mol. The predicted octanol–water partition coefficient (Wildman–Crippen LogP) is 3.75. The first kappa shape index (κ1) is 17.2. The van der Waals surface area contributed by atoms with Crippen molar-refractivity contribution in [2.24, 2.45) is 0 Å². The minimum atomic E-state index is -0.820. The van der Waals surface area contributed by atoms with E-state index in [1.54, 1.807) is 6.07 Å². The Bertz CT molecular complexity index is 764.